The number of aromatic amines is 2. The monoisotopic (exact) mass is 322 g/mol. The van der Waals surface area contributed by atoms with E-state index in [4.69, 9.17) is 0 Å². The van der Waals surface area contributed by atoms with Crippen LogP contribution in [-0.4, -0.2) is 32.5 Å². The van der Waals surface area contributed by atoms with Crippen molar-refractivity contribution in [2.75, 3.05) is 6.54 Å². The van der Waals surface area contributed by atoms with Crippen molar-refractivity contribution in [1.82, 2.24) is 20.1 Å². The van der Waals surface area contributed by atoms with E-state index in [9.17, 15) is 4.79 Å². The molecule has 2 N–H and O–H groups in total. The number of hydrogen-bond donors (Lipinski definition) is 2. The van der Waals surface area contributed by atoms with Crippen LogP contribution in [0, 0.1) is 5.92 Å². The Labute approximate surface area is 141 Å². The van der Waals surface area contributed by atoms with Gasteiger partial charge in [-0.2, -0.15) is 5.10 Å². The summed E-state index contributed by atoms with van der Waals surface area (Å²) >= 11 is 0. The van der Waals surface area contributed by atoms with Crippen molar-refractivity contribution in [3.8, 4) is 11.4 Å². The summed E-state index contributed by atoms with van der Waals surface area (Å²) in [6, 6.07) is 10.3. The number of nitrogens with zero attached hydrogens (tertiary/aromatic N) is 2. The molecule has 24 heavy (non-hydrogen) atoms. The second-order valence-corrected chi connectivity index (χ2v) is 6.96. The van der Waals surface area contributed by atoms with E-state index in [0.29, 0.717) is 18.9 Å². The molecule has 5 nitrogen and oxygen atoms in total. The zero-order valence-corrected chi connectivity index (χ0v) is 14.1. The van der Waals surface area contributed by atoms with Gasteiger partial charge in [0.1, 0.15) is 5.69 Å². The molecule has 1 aromatic carbocycles. The van der Waals surface area contributed by atoms with E-state index in [0.717, 1.165) is 41.1 Å². The first-order valence-corrected chi connectivity index (χ1v) is 8.54. The Bertz CT molecular complexity index is 857. The Morgan fingerprint density at radius 3 is 2.96 bits per heavy atom. The van der Waals surface area contributed by atoms with Crippen LogP contribution in [-0.2, 0) is 17.8 Å². The van der Waals surface area contributed by atoms with Gasteiger partial charge in [0.25, 0.3) is 0 Å². The van der Waals surface area contributed by atoms with Gasteiger partial charge < -0.3 is 9.88 Å². The first-order chi connectivity index (χ1) is 11.6. The molecule has 0 radical (unpaired) electrons. The van der Waals surface area contributed by atoms with E-state index in [2.05, 4.69) is 47.2 Å². The number of H-pyrrole nitrogens is 2. The molecule has 1 amide bonds. The highest BCUT2D eigenvalue weighted by atomic mass is 16.2. The summed E-state index contributed by atoms with van der Waals surface area (Å²) in [6.07, 6.45) is 1.45. The second-order valence-electron chi connectivity index (χ2n) is 6.96. The number of aromatic nitrogens is 3. The maximum absolute atomic E-state index is 12.4. The van der Waals surface area contributed by atoms with Crippen molar-refractivity contribution in [1.29, 1.82) is 0 Å². The highest BCUT2D eigenvalue weighted by Crippen LogP contribution is 2.30. The number of amides is 1. The van der Waals surface area contributed by atoms with Crippen molar-refractivity contribution in [2.45, 2.75) is 33.2 Å². The average molecular weight is 322 g/mol. The van der Waals surface area contributed by atoms with Gasteiger partial charge in [-0.15, -0.1) is 0 Å². The Morgan fingerprint density at radius 2 is 2.17 bits per heavy atom. The van der Waals surface area contributed by atoms with Gasteiger partial charge in [-0.05, 0) is 18.1 Å². The lowest BCUT2D eigenvalue weighted by atomic mass is 10.0. The number of hydrogen-bond acceptors (Lipinski definition) is 2. The Kier molecular flexibility index (Phi) is 3.63. The maximum atomic E-state index is 12.4. The summed E-state index contributed by atoms with van der Waals surface area (Å²) in [6.45, 7) is 5.58. The largest absolute Gasteiger partial charge is 0.353 e. The number of para-hydroxylation sites is 1. The van der Waals surface area contributed by atoms with E-state index in [1.807, 2.05) is 17.0 Å². The molecule has 0 saturated heterocycles. The molecule has 0 aliphatic carbocycles. The maximum Gasteiger partial charge on any atom is 0.223 e. The van der Waals surface area contributed by atoms with Crippen LogP contribution in [0.5, 0.6) is 0 Å². The minimum atomic E-state index is 0.236. The molecule has 5 heteroatoms. The third-order valence-corrected chi connectivity index (χ3v) is 4.65. The van der Waals surface area contributed by atoms with Crippen molar-refractivity contribution < 1.29 is 4.79 Å². The fourth-order valence-corrected chi connectivity index (χ4v) is 3.41. The molecule has 1 aliphatic heterocycles. The summed E-state index contributed by atoms with van der Waals surface area (Å²) in [4.78, 5) is 17.8. The van der Waals surface area contributed by atoms with Gasteiger partial charge in [0.05, 0.1) is 5.69 Å². The van der Waals surface area contributed by atoms with Crippen LogP contribution >= 0.6 is 0 Å². The molecular weight excluding hydrogens is 300 g/mol. The Morgan fingerprint density at radius 1 is 1.33 bits per heavy atom. The fraction of sp³-hybridized carbons (Fsp3) is 0.368. The van der Waals surface area contributed by atoms with E-state index in [1.54, 1.807) is 0 Å². The third kappa shape index (κ3) is 2.60. The van der Waals surface area contributed by atoms with Crippen LogP contribution in [0.25, 0.3) is 22.3 Å². The molecule has 1 aliphatic rings. The van der Waals surface area contributed by atoms with Gasteiger partial charge in [-0.3, -0.25) is 9.89 Å². The van der Waals surface area contributed by atoms with Crippen LogP contribution in [0.3, 0.4) is 0 Å². The topological polar surface area (TPSA) is 64.8 Å². The molecule has 3 heterocycles. The van der Waals surface area contributed by atoms with Crippen LogP contribution in [0.1, 0.15) is 31.5 Å². The number of rotatable bonds is 3. The van der Waals surface area contributed by atoms with E-state index in [1.165, 1.54) is 5.39 Å². The number of fused-ring (bicyclic) bond motifs is 2. The molecule has 0 fully saturated rings. The predicted molar refractivity (Wildman–Crippen MR) is 94.5 cm³/mol. The zero-order chi connectivity index (χ0) is 16.7. The summed E-state index contributed by atoms with van der Waals surface area (Å²) in [5.41, 5.74) is 5.34. The summed E-state index contributed by atoms with van der Waals surface area (Å²) in [5, 5.41) is 8.86. The van der Waals surface area contributed by atoms with Gasteiger partial charge in [-0.1, -0.05) is 32.0 Å². The smallest absolute Gasteiger partial charge is 0.223 e. The Balaban J connectivity index is 1.66. The number of nitrogens with one attached hydrogen (secondary N) is 2. The first-order valence-electron chi connectivity index (χ1n) is 8.54. The molecule has 4 rings (SSSR count). The van der Waals surface area contributed by atoms with Crippen molar-refractivity contribution in [3.63, 3.8) is 0 Å². The predicted octanol–water partition coefficient (Wildman–Crippen LogP) is 3.49. The van der Waals surface area contributed by atoms with Gasteiger partial charge >= 0.3 is 0 Å². The lowest BCUT2D eigenvalue weighted by molar-refractivity contribution is -0.132. The second kappa shape index (κ2) is 5.82. The highest BCUT2D eigenvalue weighted by molar-refractivity contribution is 5.86. The SMILES string of the molecule is CC(C)CC(=O)N1CCc2[nH]nc(-c3cc4ccccc4[nH]3)c2C1. The third-order valence-electron chi connectivity index (χ3n) is 4.65. The van der Waals surface area contributed by atoms with E-state index in [-0.39, 0.29) is 5.91 Å². The molecule has 0 saturated carbocycles. The number of carbonyl (C=O) groups excluding carboxylic acids is 1. The van der Waals surface area contributed by atoms with Crippen LogP contribution < -0.4 is 0 Å². The van der Waals surface area contributed by atoms with Gasteiger partial charge in [0, 0.05) is 48.1 Å². The highest BCUT2D eigenvalue weighted by Gasteiger charge is 2.26. The molecular formula is C19H22N4O. The van der Waals surface area contributed by atoms with E-state index < -0.39 is 0 Å². The van der Waals surface area contributed by atoms with Gasteiger partial charge in [0.15, 0.2) is 0 Å². The molecule has 0 spiro atoms. The lowest BCUT2D eigenvalue weighted by Gasteiger charge is -2.27. The minimum absolute atomic E-state index is 0.236. The molecule has 124 valence electrons. The van der Waals surface area contributed by atoms with Crippen molar-refractivity contribution in [2.24, 2.45) is 5.92 Å². The van der Waals surface area contributed by atoms with Crippen LogP contribution in [0.15, 0.2) is 30.3 Å². The average Bonchev–Trinajstić information content (AvgIpc) is 3.16. The number of benzene rings is 1. The molecule has 0 atom stereocenters. The van der Waals surface area contributed by atoms with E-state index >= 15 is 0 Å². The number of carbonyl (C=O) groups is 1. The standard InChI is InChI=1S/C19H22N4O/c1-12(2)9-18(24)23-8-7-16-14(11-23)19(22-21-16)17-10-13-5-3-4-6-15(13)20-17/h3-6,10,12,20H,7-9,11H2,1-2H3,(H,21,22). The van der Waals surface area contributed by atoms with Crippen molar-refractivity contribution >= 4 is 16.8 Å². The van der Waals surface area contributed by atoms with Gasteiger partial charge in [-0.25, -0.2) is 0 Å². The molecule has 0 bridgehead atoms. The quantitative estimate of drug-likeness (QED) is 0.775. The fourth-order valence-electron chi connectivity index (χ4n) is 3.41. The molecule has 3 aromatic rings. The summed E-state index contributed by atoms with van der Waals surface area (Å²) in [5.74, 6) is 0.621. The zero-order valence-electron chi connectivity index (χ0n) is 14.1. The van der Waals surface area contributed by atoms with Crippen molar-refractivity contribution in [3.05, 3.63) is 41.6 Å². The minimum Gasteiger partial charge on any atom is -0.353 e. The normalized spacial score (nSPS) is 14.4. The van der Waals surface area contributed by atoms with Crippen LogP contribution in [0.2, 0.25) is 0 Å². The first kappa shape index (κ1) is 15.0. The van der Waals surface area contributed by atoms with Gasteiger partial charge in [0.2, 0.25) is 5.91 Å². The van der Waals surface area contributed by atoms with Crippen LogP contribution in [0.4, 0.5) is 0 Å². The Hall–Kier alpha value is -2.56. The summed E-state index contributed by atoms with van der Waals surface area (Å²) in [7, 11) is 0. The molecule has 2 aromatic heterocycles. The summed E-state index contributed by atoms with van der Waals surface area (Å²) < 4.78 is 0. The molecule has 0 unspecified atom stereocenters. The lowest BCUT2D eigenvalue weighted by Crippen LogP contribution is -2.36.